The van der Waals surface area contributed by atoms with E-state index < -0.39 is 5.25 Å². The van der Waals surface area contributed by atoms with E-state index in [1.54, 1.807) is 25.3 Å². The van der Waals surface area contributed by atoms with Crippen LogP contribution in [-0.4, -0.2) is 35.9 Å². The average Bonchev–Trinajstić information content (AvgIpc) is 2.79. The van der Waals surface area contributed by atoms with Crippen molar-refractivity contribution in [3.8, 4) is 5.75 Å². The topological polar surface area (TPSA) is 79.8 Å². The molecule has 1 fully saturated rings. The third-order valence-electron chi connectivity index (χ3n) is 2.83. The quantitative estimate of drug-likeness (QED) is 0.866. The average molecular weight is 307 g/mol. The van der Waals surface area contributed by atoms with Gasteiger partial charge in [-0.25, -0.2) is 0 Å². The Bertz CT molecular complexity index is 574. The fourth-order valence-corrected chi connectivity index (χ4v) is 2.91. The molecule has 1 aliphatic rings. The molecule has 6 nitrogen and oxygen atoms in total. The first-order valence-electron chi connectivity index (χ1n) is 6.59. The van der Waals surface area contributed by atoms with Crippen molar-refractivity contribution in [2.24, 2.45) is 4.99 Å². The SMILES string of the molecule is CCN=C1NC(=O)[C@H](CC(=O)Nc2ccccc2OC)S1. The lowest BCUT2D eigenvalue weighted by molar-refractivity contribution is -0.122. The number of methoxy groups -OCH3 is 1. The molecule has 0 spiro atoms. The zero-order valence-electron chi connectivity index (χ0n) is 11.9. The van der Waals surface area contributed by atoms with Crippen LogP contribution in [-0.2, 0) is 9.59 Å². The summed E-state index contributed by atoms with van der Waals surface area (Å²) in [6.45, 7) is 2.49. The van der Waals surface area contributed by atoms with E-state index in [-0.39, 0.29) is 18.2 Å². The number of hydrogen-bond acceptors (Lipinski definition) is 5. The van der Waals surface area contributed by atoms with E-state index in [0.717, 1.165) is 0 Å². The van der Waals surface area contributed by atoms with E-state index in [1.807, 2.05) is 13.0 Å². The number of benzene rings is 1. The number of nitrogens with one attached hydrogen (secondary N) is 2. The maximum absolute atomic E-state index is 12.0. The first-order valence-corrected chi connectivity index (χ1v) is 7.46. The number of carbonyl (C=O) groups is 2. The Morgan fingerprint density at radius 2 is 2.24 bits per heavy atom. The van der Waals surface area contributed by atoms with Gasteiger partial charge in [0.05, 0.1) is 12.8 Å². The van der Waals surface area contributed by atoms with Gasteiger partial charge in [0.15, 0.2) is 5.17 Å². The van der Waals surface area contributed by atoms with Crippen LogP contribution in [0.3, 0.4) is 0 Å². The summed E-state index contributed by atoms with van der Waals surface area (Å²) in [4.78, 5) is 27.9. The van der Waals surface area contributed by atoms with Crippen LogP contribution in [0.2, 0.25) is 0 Å². The first kappa shape index (κ1) is 15.4. The molecule has 1 aliphatic heterocycles. The van der Waals surface area contributed by atoms with Gasteiger partial charge in [0.1, 0.15) is 11.0 Å². The molecule has 0 aliphatic carbocycles. The summed E-state index contributed by atoms with van der Waals surface area (Å²) < 4.78 is 5.17. The molecule has 1 heterocycles. The minimum Gasteiger partial charge on any atom is -0.495 e. The molecule has 1 aromatic carbocycles. The number of hydrogen-bond donors (Lipinski definition) is 2. The molecule has 0 saturated carbocycles. The Balaban J connectivity index is 1.96. The van der Waals surface area contributed by atoms with E-state index in [2.05, 4.69) is 15.6 Å². The van der Waals surface area contributed by atoms with Crippen LogP contribution in [0.1, 0.15) is 13.3 Å². The van der Waals surface area contributed by atoms with Crippen LogP contribution >= 0.6 is 11.8 Å². The minimum absolute atomic E-state index is 0.0945. The summed E-state index contributed by atoms with van der Waals surface area (Å²) in [6, 6.07) is 7.14. The van der Waals surface area contributed by atoms with E-state index >= 15 is 0 Å². The number of para-hydroxylation sites is 2. The van der Waals surface area contributed by atoms with Crippen LogP contribution in [0.25, 0.3) is 0 Å². The van der Waals surface area contributed by atoms with Crippen molar-refractivity contribution in [1.29, 1.82) is 0 Å². The molecule has 112 valence electrons. The van der Waals surface area contributed by atoms with Gasteiger partial charge in [-0.05, 0) is 19.1 Å². The fourth-order valence-electron chi connectivity index (χ4n) is 1.88. The summed E-state index contributed by atoms with van der Waals surface area (Å²) in [5.41, 5.74) is 0.593. The molecule has 2 rings (SSSR count). The maximum atomic E-state index is 12.0. The fraction of sp³-hybridized carbons (Fsp3) is 0.357. The number of ether oxygens (including phenoxy) is 1. The van der Waals surface area contributed by atoms with Gasteiger partial charge in [-0.15, -0.1) is 0 Å². The lowest BCUT2D eigenvalue weighted by atomic mass is 10.2. The highest BCUT2D eigenvalue weighted by Crippen LogP contribution is 2.26. The molecule has 1 atom stereocenters. The number of thioether (sulfide) groups is 1. The number of aliphatic imine (C=N–C) groups is 1. The second-order valence-corrected chi connectivity index (χ2v) is 5.52. The third-order valence-corrected chi connectivity index (χ3v) is 3.95. The Hall–Kier alpha value is -2.02. The Morgan fingerprint density at radius 1 is 1.48 bits per heavy atom. The minimum atomic E-state index is -0.440. The highest BCUT2D eigenvalue weighted by atomic mass is 32.2. The van der Waals surface area contributed by atoms with Gasteiger partial charge in [-0.2, -0.15) is 0 Å². The molecule has 0 unspecified atom stereocenters. The largest absolute Gasteiger partial charge is 0.495 e. The Labute approximate surface area is 127 Å². The van der Waals surface area contributed by atoms with Gasteiger partial charge >= 0.3 is 0 Å². The molecular formula is C14H17N3O3S. The number of carbonyl (C=O) groups excluding carboxylic acids is 2. The van der Waals surface area contributed by atoms with Crippen molar-refractivity contribution >= 4 is 34.4 Å². The van der Waals surface area contributed by atoms with Crippen molar-refractivity contribution in [2.75, 3.05) is 19.0 Å². The van der Waals surface area contributed by atoms with Crippen LogP contribution < -0.4 is 15.4 Å². The van der Waals surface area contributed by atoms with Gasteiger partial charge in [0.25, 0.3) is 0 Å². The smallest absolute Gasteiger partial charge is 0.240 e. The summed E-state index contributed by atoms with van der Waals surface area (Å²) >= 11 is 1.29. The number of amides is 2. The maximum Gasteiger partial charge on any atom is 0.240 e. The van der Waals surface area contributed by atoms with Gasteiger partial charge in [0, 0.05) is 13.0 Å². The Morgan fingerprint density at radius 3 is 2.95 bits per heavy atom. The van der Waals surface area contributed by atoms with Crippen LogP contribution in [0.4, 0.5) is 5.69 Å². The molecule has 2 N–H and O–H groups in total. The molecule has 0 aromatic heterocycles. The molecule has 2 amide bonds. The molecular weight excluding hydrogens is 290 g/mol. The van der Waals surface area contributed by atoms with Crippen molar-refractivity contribution < 1.29 is 14.3 Å². The third kappa shape index (κ3) is 3.98. The Kier molecular flexibility index (Phi) is 5.21. The molecule has 21 heavy (non-hydrogen) atoms. The molecule has 1 aromatic rings. The van der Waals surface area contributed by atoms with Gasteiger partial charge in [0.2, 0.25) is 11.8 Å². The van der Waals surface area contributed by atoms with Crippen molar-refractivity contribution in [3.63, 3.8) is 0 Å². The van der Waals surface area contributed by atoms with E-state index in [4.69, 9.17) is 4.74 Å². The number of rotatable bonds is 5. The molecule has 1 saturated heterocycles. The summed E-state index contributed by atoms with van der Waals surface area (Å²) in [6.07, 6.45) is 0.0945. The first-order chi connectivity index (χ1) is 10.1. The predicted molar refractivity (Wildman–Crippen MR) is 83.7 cm³/mol. The van der Waals surface area contributed by atoms with Crippen molar-refractivity contribution in [1.82, 2.24) is 5.32 Å². The van der Waals surface area contributed by atoms with E-state index in [1.165, 1.54) is 11.8 Å². The summed E-state index contributed by atoms with van der Waals surface area (Å²) in [7, 11) is 1.54. The lowest BCUT2D eigenvalue weighted by Gasteiger charge is -2.10. The molecule has 0 bridgehead atoms. The summed E-state index contributed by atoms with van der Waals surface area (Å²) in [5, 5.41) is 5.57. The van der Waals surface area contributed by atoms with Gasteiger partial charge < -0.3 is 15.4 Å². The second-order valence-electron chi connectivity index (χ2n) is 4.33. The lowest BCUT2D eigenvalue weighted by Crippen LogP contribution is -2.28. The van der Waals surface area contributed by atoms with Crippen LogP contribution in [0.15, 0.2) is 29.3 Å². The number of nitrogens with zero attached hydrogens (tertiary/aromatic N) is 1. The van der Waals surface area contributed by atoms with E-state index in [0.29, 0.717) is 23.1 Å². The van der Waals surface area contributed by atoms with Gasteiger partial charge in [-0.3, -0.25) is 14.6 Å². The highest BCUT2D eigenvalue weighted by molar-refractivity contribution is 8.15. The van der Waals surface area contributed by atoms with Crippen molar-refractivity contribution in [2.45, 2.75) is 18.6 Å². The van der Waals surface area contributed by atoms with E-state index in [9.17, 15) is 9.59 Å². The van der Waals surface area contributed by atoms with Crippen LogP contribution in [0.5, 0.6) is 5.75 Å². The predicted octanol–water partition coefficient (Wildman–Crippen LogP) is 1.63. The van der Waals surface area contributed by atoms with Crippen molar-refractivity contribution in [3.05, 3.63) is 24.3 Å². The number of anilines is 1. The zero-order chi connectivity index (χ0) is 15.2. The monoisotopic (exact) mass is 307 g/mol. The second kappa shape index (κ2) is 7.12. The highest BCUT2D eigenvalue weighted by Gasteiger charge is 2.31. The molecule has 0 radical (unpaired) electrons. The zero-order valence-corrected chi connectivity index (χ0v) is 12.7. The van der Waals surface area contributed by atoms with Crippen LogP contribution in [0, 0.1) is 0 Å². The standard InChI is InChI=1S/C14H17N3O3S/c1-3-15-14-17-13(19)11(21-14)8-12(18)16-9-6-4-5-7-10(9)20-2/h4-7,11H,3,8H2,1-2H3,(H,16,18)(H,15,17,19)/t11-/m0/s1. The normalized spacial score (nSPS) is 19.4. The molecule has 7 heteroatoms. The van der Waals surface area contributed by atoms with Gasteiger partial charge in [-0.1, -0.05) is 23.9 Å². The number of amidine groups is 1. The summed E-state index contributed by atoms with van der Waals surface area (Å²) in [5.74, 6) is 0.176.